The molecule has 5 nitrogen and oxygen atoms in total. The highest BCUT2D eigenvalue weighted by molar-refractivity contribution is 5.87. The summed E-state index contributed by atoms with van der Waals surface area (Å²) in [4.78, 5) is 18.5. The van der Waals surface area contributed by atoms with Crippen LogP contribution in [0.2, 0.25) is 0 Å². The molecule has 4 aromatic carbocycles. The molecule has 2 atom stereocenters. The van der Waals surface area contributed by atoms with Crippen molar-refractivity contribution in [2.45, 2.75) is 57.4 Å². The van der Waals surface area contributed by atoms with E-state index < -0.39 is 0 Å². The van der Waals surface area contributed by atoms with Crippen LogP contribution in [0, 0.1) is 0 Å². The van der Waals surface area contributed by atoms with Gasteiger partial charge >= 0.3 is 5.97 Å². The first-order valence-corrected chi connectivity index (χ1v) is 15.4. The third-order valence-corrected chi connectivity index (χ3v) is 8.88. The second-order valence-corrected chi connectivity index (χ2v) is 11.7. The molecule has 0 amide bonds. The Hall–Kier alpha value is -4.77. The molecule has 2 heterocycles. The quantitative estimate of drug-likeness (QED) is 0.147. The zero-order valence-corrected chi connectivity index (χ0v) is 24.5. The van der Waals surface area contributed by atoms with Gasteiger partial charge in [0.1, 0.15) is 5.75 Å². The van der Waals surface area contributed by atoms with Crippen LogP contribution in [-0.2, 0) is 24.1 Å². The molecule has 3 N–H and O–H groups in total. The number of ether oxygens (including phenoxy) is 1. The summed E-state index contributed by atoms with van der Waals surface area (Å²) in [5, 5.41) is 6.49. The van der Waals surface area contributed by atoms with Gasteiger partial charge < -0.3 is 20.0 Å². The van der Waals surface area contributed by atoms with E-state index in [1.54, 1.807) is 5.56 Å². The average molecular weight is 568 g/mol. The Labute approximate surface area is 252 Å². The number of aromatic amines is 2. The molecule has 0 aliphatic heterocycles. The number of rotatable bonds is 4. The highest BCUT2D eigenvalue weighted by atomic mass is 16.5. The van der Waals surface area contributed by atoms with Crippen molar-refractivity contribution in [1.29, 1.82) is 0 Å². The van der Waals surface area contributed by atoms with Gasteiger partial charge in [0.25, 0.3) is 0 Å². The van der Waals surface area contributed by atoms with E-state index in [2.05, 4.69) is 100 Å². The van der Waals surface area contributed by atoms with Gasteiger partial charge in [0.15, 0.2) is 0 Å². The Morgan fingerprint density at radius 3 is 2.14 bits per heavy atom. The first kappa shape index (κ1) is 27.1. The maximum Gasteiger partial charge on any atom is 0.308 e. The van der Waals surface area contributed by atoms with Gasteiger partial charge in [0.2, 0.25) is 0 Å². The Bertz CT molecular complexity index is 1870. The van der Waals surface area contributed by atoms with Crippen LogP contribution in [0.5, 0.6) is 5.75 Å². The number of benzene rings is 4. The lowest BCUT2D eigenvalue weighted by molar-refractivity contribution is -0.131. The van der Waals surface area contributed by atoms with Crippen LogP contribution in [-0.4, -0.2) is 22.0 Å². The maximum atomic E-state index is 11.3. The van der Waals surface area contributed by atoms with Gasteiger partial charge in [-0.15, -0.1) is 0 Å². The molecule has 0 radical (unpaired) electrons. The first-order chi connectivity index (χ1) is 21.1. The molecule has 2 aromatic heterocycles. The molecule has 216 valence electrons. The summed E-state index contributed by atoms with van der Waals surface area (Å²) in [6, 6.07) is 35.8. The van der Waals surface area contributed by atoms with Gasteiger partial charge in [-0.1, -0.05) is 66.7 Å². The third kappa shape index (κ3) is 5.55. The molecular formula is C38H37N3O2. The number of carbonyl (C=O) groups excluding carboxylic acids is 1. The second kappa shape index (κ2) is 11.8. The number of fused-ring (bicyclic) bond motifs is 6. The van der Waals surface area contributed by atoms with E-state index in [9.17, 15) is 4.79 Å². The number of carbonyl (C=O) groups is 1. The Kier molecular flexibility index (Phi) is 7.46. The summed E-state index contributed by atoms with van der Waals surface area (Å²) >= 11 is 0. The fourth-order valence-corrected chi connectivity index (χ4v) is 7.01. The molecule has 2 aliphatic rings. The molecule has 0 spiro atoms. The van der Waals surface area contributed by atoms with E-state index in [0.29, 0.717) is 5.75 Å². The molecular weight excluding hydrogens is 530 g/mol. The van der Waals surface area contributed by atoms with Crippen LogP contribution >= 0.6 is 0 Å². The largest absolute Gasteiger partial charge is 0.427 e. The highest BCUT2D eigenvalue weighted by Crippen LogP contribution is 2.42. The standard InChI is InChI=1S/C26H24N2O2.C12H13N/c1-17(29)30-20-13-11-18(12-14-20)25-23(27-19-7-3-2-4-8-19)15-16-24-26(25)21-9-5-6-10-22(21)28-24;1-3-7-11-9(5-1)10-6-2-4-8-12(10)13-11/h2-14,23,25,27-28H,15-16H2,1H3;1,3,5,7,13H,2,4,6,8H2. The van der Waals surface area contributed by atoms with E-state index in [1.165, 1.54) is 76.9 Å². The maximum absolute atomic E-state index is 11.3. The van der Waals surface area contributed by atoms with Crippen molar-refractivity contribution in [1.82, 2.24) is 9.97 Å². The van der Waals surface area contributed by atoms with Crippen molar-refractivity contribution in [3.63, 3.8) is 0 Å². The Morgan fingerprint density at radius 1 is 0.721 bits per heavy atom. The molecule has 2 aliphatic carbocycles. The number of aryl methyl sites for hydroxylation is 3. The number of hydrogen-bond donors (Lipinski definition) is 3. The number of nitrogens with one attached hydrogen (secondary N) is 3. The molecule has 2 unspecified atom stereocenters. The fourth-order valence-electron chi connectivity index (χ4n) is 7.01. The highest BCUT2D eigenvalue weighted by Gasteiger charge is 2.33. The third-order valence-electron chi connectivity index (χ3n) is 8.88. The molecule has 0 fully saturated rings. The van der Waals surface area contributed by atoms with Crippen molar-refractivity contribution < 1.29 is 9.53 Å². The average Bonchev–Trinajstić information content (AvgIpc) is 3.61. The molecule has 0 bridgehead atoms. The zero-order chi connectivity index (χ0) is 29.2. The molecule has 8 rings (SSSR count). The van der Waals surface area contributed by atoms with Crippen molar-refractivity contribution in [2.24, 2.45) is 0 Å². The lowest BCUT2D eigenvalue weighted by atomic mass is 9.77. The Morgan fingerprint density at radius 2 is 1.37 bits per heavy atom. The minimum atomic E-state index is -0.303. The zero-order valence-electron chi connectivity index (χ0n) is 24.5. The van der Waals surface area contributed by atoms with Crippen LogP contribution < -0.4 is 10.1 Å². The molecule has 0 saturated heterocycles. The van der Waals surface area contributed by atoms with Crippen molar-refractivity contribution in [3.05, 3.63) is 131 Å². The molecule has 43 heavy (non-hydrogen) atoms. The number of aromatic nitrogens is 2. The van der Waals surface area contributed by atoms with Gasteiger partial charge in [-0.05, 0) is 91.6 Å². The second-order valence-electron chi connectivity index (χ2n) is 11.7. The van der Waals surface area contributed by atoms with E-state index in [0.717, 1.165) is 18.5 Å². The lowest BCUT2D eigenvalue weighted by Gasteiger charge is -2.34. The number of para-hydroxylation sites is 3. The van der Waals surface area contributed by atoms with Gasteiger partial charge in [-0.25, -0.2) is 0 Å². The van der Waals surface area contributed by atoms with Gasteiger partial charge in [-0.2, -0.15) is 0 Å². The minimum Gasteiger partial charge on any atom is -0.427 e. The fraction of sp³-hybridized carbons (Fsp3) is 0.237. The molecule has 5 heteroatoms. The van der Waals surface area contributed by atoms with Crippen LogP contribution in [0.1, 0.15) is 60.2 Å². The number of hydrogen-bond acceptors (Lipinski definition) is 3. The van der Waals surface area contributed by atoms with Crippen LogP contribution in [0.4, 0.5) is 5.69 Å². The van der Waals surface area contributed by atoms with E-state index >= 15 is 0 Å². The van der Waals surface area contributed by atoms with Crippen LogP contribution in [0.15, 0.2) is 103 Å². The summed E-state index contributed by atoms with van der Waals surface area (Å²) in [6.45, 7) is 1.42. The SMILES string of the molecule is CC(=O)Oc1ccc(C2c3c([nH]c4ccccc34)CCC2Nc2ccccc2)cc1.c1ccc2c3c([nH]c2c1)CCCC3. The van der Waals surface area contributed by atoms with Gasteiger partial charge in [0.05, 0.1) is 0 Å². The first-order valence-electron chi connectivity index (χ1n) is 15.4. The predicted octanol–water partition coefficient (Wildman–Crippen LogP) is 8.70. The monoisotopic (exact) mass is 567 g/mol. The van der Waals surface area contributed by atoms with Crippen molar-refractivity contribution >= 4 is 33.5 Å². The number of anilines is 1. The topological polar surface area (TPSA) is 69.9 Å². The normalized spacial score (nSPS) is 17.4. The summed E-state index contributed by atoms with van der Waals surface area (Å²) in [5.74, 6) is 0.466. The van der Waals surface area contributed by atoms with E-state index in [-0.39, 0.29) is 17.9 Å². The number of H-pyrrole nitrogens is 2. The van der Waals surface area contributed by atoms with E-state index in [4.69, 9.17) is 4.74 Å². The minimum absolute atomic E-state index is 0.191. The molecule has 6 aromatic rings. The van der Waals surface area contributed by atoms with Crippen molar-refractivity contribution in [2.75, 3.05) is 5.32 Å². The summed E-state index contributed by atoms with van der Waals surface area (Å²) in [5.41, 5.74) is 10.6. The van der Waals surface area contributed by atoms with Crippen LogP contribution in [0.25, 0.3) is 21.8 Å². The Balaban J connectivity index is 0.000000191. The molecule has 0 saturated carbocycles. The summed E-state index contributed by atoms with van der Waals surface area (Å²) in [7, 11) is 0. The lowest BCUT2D eigenvalue weighted by Crippen LogP contribution is -2.33. The number of esters is 1. The van der Waals surface area contributed by atoms with Gasteiger partial charge in [0, 0.05) is 57.8 Å². The van der Waals surface area contributed by atoms with Crippen molar-refractivity contribution in [3.8, 4) is 5.75 Å². The smallest absolute Gasteiger partial charge is 0.308 e. The summed E-state index contributed by atoms with van der Waals surface area (Å²) in [6.07, 6.45) is 7.25. The van der Waals surface area contributed by atoms with Crippen LogP contribution in [0.3, 0.4) is 0 Å². The predicted molar refractivity (Wildman–Crippen MR) is 175 cm³/mol. The summed E-state index contributed by atoms with van der Waals surface area (Å²) < 4.78 is 5.24. The van der Waals surface area contributed by atoms with Gasteiger partial charge in [-0.3, -0.25) is 4.79 Å². The van der Waals surface area contributed by atoms with E-state index in [1.807, 2.05) is 18.2 Å².